The minimum atomic E-state index is 0.102. The first-order valence-corrected chi connectivity index (χ1v) is 7.50. The summed E-state index contributed by atoms with van der Waals surface area (Å²) in [6, 6.07) is 2.15. The second-order valence-corrected chi connectivity index (χ2v) is 6.36. The monoisotopic (exact) mass is 279 g/mol. The summed E-state index contributed by atoms with van der Waals surface area (Å²) >= 11 is 1.75. The number of rotatable bonds is 3. The summed E-state index contributed by atoms with van der Waals surface area (Å²) in [6.45, 7) is 8.13. The van der Waals surface area contributed by atoms with Crippen LogP contribution in [-0.4, -0.2) is 41.9 Å². The van der Waals surface area contributed by atoms with Crippen LogP contribution in [-0.2, 0) is 11.3 Å². The van der Waals surface area contributed by atoms with Gasteiger partial charge >= 0.3 is 0 Å². The van der Waals surface area contributed by atoms with E-state index in [4.69, 9.17) is 9.84 Å². The second kappa shape index (κ2) is 6.53. The lowest BCUT2D eigenvalue weighted by Gasteiger charge is -2.41. The van der Waals surface area contributed by atoms with Crippen LogP contribution >= 0.6 is 11.3 Å². The lowest BCUT2D eigenvalue weighted by molar-refractivity contribution is -0.0548. The van der Waals surface area contributed by atoms with E-state index in [1.165, 1.54) is 4.88 Å². The SMILES string of the molecule is CC1(C)COCCN1Cc1cc(C#CCCO)cs1. The van der Waals surface area contributed by atoms with Crippen LogP contribution in [0, 0.1) is 11.8 Å². The molecule has 1 saturated heterocycles. The summed E-state index contributed by atoms with van der Waals surface area (Å²) in [5.74, 6) is 6.04. The standard InChI is InChI=1S/C15H21NO2S/c1-15(2)12-18-8-6-16(15)10-14-9-13(11-19-14)5-3-4-7-17/h9,11,17H,4,6-8,10,12H2,1-2H3. The molecule has 0 aromatic carbocycles. The zero-order valence-corrected chi connectivity index (χ0v) is 12.4. The molecule has 0 unspecified atom stereocenters. The molecule has 0 aliphatic carbocycles. The molecule has 0 saturated carbocycles. The maximum atomic E-state index is 8.71. The molecule has 0 radical (unpaired) electrons. The molecule has 1 aliphatic rings. The zero-order chi connectivity index (χ0) is 13.7. The van der Waals surface area contributed by atoms with Gasteiger partial charge in [-0.25, -0.2) is 0 Å². The molecule has 2 rings (SSSR count). The van der Waals surface area contributed by atoms with Crippen LogP contribution in [0.1, 0.15) is 30.7 Å². The van der Waals surface area contributed by atoms with Crippen LogP contribution in [0.2, 0.25) is 0 Å². The van der Waals surface area contributed by atoms with Gasteiger partial charge in [-0.05, 0) is 19.9 Å². The van der Waals surface area contributed by atoms with Gasteiger partial charge in [0.2, 0.25) is 0 Å². The lowest BCUT2D eigenvalue weighted by Crippen LogP contribution is -2.52. The van der Waals surface area contributed by atoms with Crippen LogP contribution in [0.25, 0.3) is 0 Å². The number of aliphatic hydroxyl groups excluding tert-OH is 1. The van der Waals surface area contributed by atoms with Crippen molar-refractivity contribution in [2.75, 3.05) is 26.4 Å². The van der Waals surface area contributed by atoms with Crippen molar-refractivity contribution in [2.45, 2.75) is 32.4 Å². The fourth-order valence-electron chi connectivity index (χ4n) is 2.12. The van der Waals surface area contributed by atoms with E-state index in [0.29, 0.717) is 6.42 Å². The van der Waals surface area contributed by atoms with E-state index in [0.717, 1.165) is 31.9 Å². The number of nitrogens with zero attached hydrogens (tertiary/aromatic N) is 1. The van der Waals surface area contributed by atoms with E-state index < -0.39 is 0 Å². The number of aliphatic hydroxyl groups is 1. The predicted molar refractivity (Wildman–Crippen MR) is 78.2 cm³/mol. The Labute approximate surface area is 119 Å². The van der Waals surface area contributed by atoms with Gasteiger partial charge in [-0.15, -0.1) is 11.3 Å². The zero-order valence-electron chi connectivity index (χ0n) is 11.6. The van der Waals surface area contributed by atoms with Crippen LogP contribution in [0.3, 0.4) is 0 Å². The highest BCUT2D eigenvalue weighted by Gasteiger charge is 2.30. The Kier molecular flexibility index (Phi) is 5.00. The molecule has 0 bridgehead atoms. The molecule has 0 atom stereocenters. The largest absolute Gasteiger partial charge is 0.395 e. The predicted octanol–water partition coefficient (Wildman–Crippen LogP) is 2.09. The van der Waals surface area contributed by atoms with E-state index in [1.54, 1.807) is 11.3 Å². The van der Waals surface area contributed by atoms with Gasteiger partial charge in [0.15, 0.2) is 0 Å². The Balaban J connectivity index is 1.98. The Morgan fingerprint density at radius 3 is 3.11 bits per heavy atom. The van der Waals surface area contributed by atoms with Gasteiger partial charge in [0.05, 0.1) is 19.8 Å². The van der Waals surface area contributed by atoms with Crippen molar-refractivity contribution < 1.29 is 9.84 Å². The lowest BCUT2D eigenvalue weighted by atomic mass is 10.0. The van der Waals surface area contributed by atoms with Gasteiger partial charge in [-0.3, -0.25) is 4.90 Å². The van der Waals surface area contributed by atoms with Gasteiger partial charge < -0.3 is 9.84 Å². The van der Waals surface area contributed by atoms with Crippen LogP contribution in [0.5, 0.6) is 0 Å². The molecule has 19 heavy (non-hydrogen) atoms. The molecule has 1 aromatic heterocycles. The van der Waals surface area contributed by atoms with Crippen molar-refractivity contribution in [1.82, 2.24) is 4.90 Å². The molecule has 104 valence electrons. The van der Waals surface area contributed by atoms with Crippen molar-refractivity contribution in [3.8, 4) is 11.8 Å². The first kappa shape index (κ1) is 14.5. The summed E-state index contributed by atoms with van der Waals surface area (Å²) in [7, 11) is 0. The third-order valence-corrected chi connectivity index (χ3v) is 4.21. The fraction of sp³-hybridized carbons (Fsp3) is 0.600. The summed E-state index contributed by atoms with van der Waals surface area (Å²) < 4.78 is 5.54. The third kappa shape index (κ3) is 4.05. The van der Waals surface area contributed by atoms with Gasteiger partial charge in [0.1, 0.15) is 0 Å². The first-order valence-electron chi connectivity index (χ1n) is 6.62. The summed E-state index contributed by atoms with van der Waals surface area (Å²) in [5, 5.41) is 10.8. The molecular formula is C15H21NO2S. The third-order valence-electron chi connectivity index (χ3n) is 3.29. The second-order valence-electron chi connectivity index (χ2n) is 5.36. The van der Waals surface area contributed by atoms with Crippen molar-refractivity contribution in [1.29, 1.82) is 0 Å². The Morgan fingerprint density at radius 1 is 1.53 bits per heavy atom. The molecule has 2 heterocycles. The van der Waals surface area contributed by atoms with Gasteiger partial charge in [-0.2, -0.15) is 0 Å². The van der Waals surface area contributed by atoms with Crippen molar-refractivity contribution in [3.63, 3.8) is 0 Å². The molecule has 4 heteroatoms. The average Bonchev–Trinajstić information content (AvgIpc) is 2.80. The van der Waals surface area contributed by atoms with Gasteiger partial charge in [0, 0.05) is 40.9 Å². The highest BCUT2D eigenvalue weighted by atomic mass is 32.1. The highest BCUT2D eigenvalue weighted by molar-refractivity contribution is 7.10. The fourth-order valence-corrected chi connectivity index (χ4v) is 2.95. The summed E-state index contributed by atoms with van der Waals surface area (Å²) in [5.41, 5.74) is 1.16. The Hall–Kier alpha value is -0.860. The summed E-state index contributed by atoms with van der Waals surface area (Å²) in [4.78, 5) is 3.80. The maximum absolute atomic E-state index is 8.71. The number of hydrogen-bond donors (Lipinski definition) is 1. The van der Waals surface area contributed by atoms with E-state index >= 15 is 0 Å². The van der Waals surface area contributed by atoms with Gasteiger partial charge in [-0.1, -0.05) is 11.8 Å². The number of morpholine rings is 1. The van der Waals surface area contributed by atoms with E-state index in [-0.39, 0.29) is 12.1 Å². The highest BCUT2D eigenvalue weighted by Crippen LogP contribution is 2.24. The molecule has 1 fully saturated rings. The first-order chi connectivity index (χ1) is 9.12. The average molecular weight is 279 g/mol. The maximum Gasteiger partial charge on any atom is 0.0645 e. The molecule has 3 nitrogen and oxygen atoms in total. The van der Waals surface area contributed by atoms with Crippen molar-refractivity contribution >= 4 is 11.3 Å². The summed E-state index contributed by atoms with van der Waals surface area (Å²) in [6.07, 6.45) is 0.543. The Morgan fingerprint density at radius 2 is 2.37 bits per heavy atom. The van der Waals surface area contributed by atoms with Crippen molar-refractivity contribution in [3.05, 3.63) is 21.9 Å². The van der Waals surface area contributed by atoms with E-state index in [2.05, 4.69) is 42.0 Å². The minimum Gasteiger partial charge on any atom is -0.395 e. The van der Waals surface area contributed by atoms with Gasteiger partial charge in [0.25, 0.3) is 0 Å². The van der Waals surface area contributed by atoms with Crippen LogP contribution in [0.4, 0.5) is 0 Å². The van der Waals surface area contributed by atoms with Crippen molar-refractivity contribution in [2.24, 2.45) is 0 Å². The molecule has 1 aliphatic heterocycles. The quantitative estimate of drug-likeness (QED) is 0.860. The Bertz CT molecular complexity index is 470. The minimum absolute atomic E-state index is 0.102. The molecule has 0 spiro atoms. The van der Waals surface area contributed by atoms with E-state index in [1.807, 2.05) is 0 Å². The molecule has 1 aromatic rings. The van der Waals surface area contributed by atoms with E-state index in [9.17, 15) is 0 Å². The molecule has 0 amide bonds. The number of hydrogen-bond acceptors (Lipinski definition) is 4. The molecular weight excluding hydrogens is 258 g/mol. The van der Waals surface area contributed by atoms with Crippen LogP contribution < -0.4 is 0 Å². The number of ether oxygens (including phenoxy) is 1. The normalized spacial score (nSPS) is 18.9. The molecule has 1 N–H and O–H groups in total. The topological polar surface area (TPSA) is 32.7 Å². The smallest absolute Gasteiger partial charge is 0.0645 e. The van der Waals surface area contributed by atoms with Crippen LogP contribution in [0.15, 0.2) is 11.4 Å². The number of thiophene rings is 1.